The van der Waals surface area contributed by atoms with Gasteiger partial charge in [-0.05, 0) is 36.4 Å². The van der Waals surface area contributed by atoms with Gasteiger partial charge < -0.3 is 9.15 Å². The van der Waals surface area contributed by atoms with Crippen LogP contribution in [-0.4, -0.2) is 23.8 Å². The lowest BCUT2D eigenvalue weighted by molar-refractivity contribution is 0.0981. The number of hydrogen-bond donors (Lipinski definition) is 0. The van der Waals surface area contributed by atoms with Crippen LogP contribution >= 0.6 is 11.3 Å². The molecule has 5 aromatic rings. The van der Waals surface area contributed by atoms with Crippen LogP contribution in [0.4, 0.5) is 5.13 Å². The maximum Gasteiger partial charge on any atom is 0.260 e. The number of aromatic nitrogens is 1. The molecule has 0 spiro atoms. The predicted octanol–water partition coefficient (Wildman–Crippen LogP) is 5.98. The molecule has 3 aromatic carbocycles. The van der Waals surface area contributed by atoms with Crippen molar-refractivity contribution in [2.45, 2.75) is 6.54 Å². The minimum absolute atomic E-state index is 0.0923. The van der Waals surface area contributed by atoms with Crippen molar-refractivity contribution < 1.29 is 18.7 Å². The molecule has 34 heavy (non-hydrogen) atoms. The van der Waals surface area contributed by atoms with Gasteiger partial charge in [-0.15, -0.1) is 0 Å². The van der Waals surface area contributed by atoms with E-state index < -0.39 is 0 Å². The summed E-state index contributed by atoms with van der Waals surface area (Å²) >= 11 is 1.40. The molecule has 2 aromatic heterocycles. The number of ether oxygens (including phenoxy) is 1. The molecule has 0 saturated heterocycles. The summed E-state index contributed by atoms with van der Waals surface area (Å²) in [5, 5.41) is 0.533. The summed E-state index contributed by atoms with van der Waals surface area (Å²) in [7, 11) is 1.60. The summed E-state index contributed by atoms with van der Waals surface area (Å²) in [6.45, 7) is 0.221. The minimum atomic E-state index is -0.242. The van der Waals surface area contributed by atoms with Gasteiger partial charge in [-0.2, -0.15) is 0 Å². The first-order chi connectivity index (χ1) is 16.6. The van der Waals surface area contributed by atoms with Gasteiger partial charge in [0.25, 0.3) is 5.91 Å². The lowest BCUT2D eigenvalue weighted by Crippen LogP contribution is -2.30. The van der Waals surface area contributed by atoms with Crippen molar-refractivity contribution in [3.05, 3.63) is 114 Å². The number of para-hydroxylation sites is 1. The number of anilines is 1. The van der Waals surface area contributed by atoms with E-state index in [1.807, 2.05) is 42.5 Å². The number of amides is 1. The monoisotopic (exact) mass is 468 g/mol. The summed E-state index contributed by atoms with van der Waals surface area (Å²) in [5.41, 5.74) is 2.27. The Morgan fingerprint density at radius 3 is 2.32 bits per heavy atom. The van der Waals surface area contributed by atoms with Gasteiger partial charge in [0.2, 0.25) is 0 Å². The topological polar surface area (TPSA) is 72.6 Å². The van der Waals surface area contributed by atoms with Gasteiger partial charge in [-0.3, -0.25) is 14.5 Å². The first kappa shape index (κ1) is 21.6. The van der Waals surface area contributed by atoms with Crippen molar-refractivity contribution in [2.75, 3.05) is 12.0 Å². The lowest BCUT2D eigenvalue weighted by atomic mass is 10.0. The molecule has 0 N–H and O–H groups in total. The number of nitrogens with zero attached hydrogens (tertiary/aromatic N) is 2. The fraction of sp³-hybridized carbons (Fsp3) is 0.0741. The number of benzene rings is 3. The van der Waals surface area contributed by atoms with Gasteiger partial charge in [0.15, 0.2) is 10.9 Å². The number of hydrogen-bond acceptors (Lipinski definition) is 6. The first-order valence-electron chi connectivity index (χ1n) is 10.6. The summed E-state index contributed by atoms with van der Waals surface area (Å²) in [6.07, 6.45) is 1.57. The van der Waals surface area contributed by atoms with Gasteiger partial charge in [-0.1, -0.05) is 59.9 Å². The fourth-order valence-electron chi connectivity index (χ4n) is 3.65. The number of methoxy groups -OCH3 is 1. The van der Waals surface area contributed by atoms with Crippen LogP contribution in [0, 0.1) is 0 Å². The Kier molecular flexibility index (Phi) is 5.93. The van der Waals surface area contributed by atoms with Crippen LogP contribution in [0.2, 0.25) is 0 Å². The molecule has 0 fully saturated rings. The Morgan fingerprint density at radius 2 is 1.62 bits per heavy atom. The van der Waals surface area contributed by atoms with Crippen LogP contribution in [0.5, 0.6) is 5.75 Å². The third-order valence-electron chi connectivity index (χ3n) is 5.39. The average Bonchev–Trinajstić information content (AvgIpc) is 3.56. The number of fused-ring (bicyclic) bond motifs is 1. The van der Waals surface area contributed by atoms with Gasteiger partial charge in [0.1, 0.15) is 17.0 Å². The van der Waals surface area contributed by atoms with Crippen LogP contribution < -0.4 is 9.64 Å². The van der Waals surface area contributed by atoms with E-state index in [1.165, 1.54) is 11.3 Å². The van der Waals surface area contributed by atoms with E-state index in [-0.39, 0.29) is 18.2 Å². The molecule has 0 unspecified atom stereocenters. The maximum absolute atomic E-state index is 13.6. The molecule has 7 heteroatoms. The molecular weight excluding hydrogens is 448 g/mol. The molecule has 168 valence electrons. The van der Waals surface area contributed by atoms with Gasteiger partial charge in [0, 0.05) is 16.7 Å². The highest BCUT2D eigenvalue weighted by molar-refractivity contribution is 7.22. The van der Waals surface area contributed by atoms with Crippen molar-refractivity contribution in [3.8, 4) is 5.75 Å². The van der Waals surface area contributed by atoms with Crippen LogP contribution in [0.3, 0.4) is 0 Å². The molecule has 0 saturated carbocycles. The smallest absolute Gasteiger partial charge is 0.260 e. The van der Waals surface area contributed by atoms with Crippen LogP contribution in [0.25, 0.3) is 10.2 Å². The largest absolute Gasteiger partial charge is 0.494 e. The molecule has 2 heterocycles. The fourth-order valence-corrected chi connectivity index (χ4v) is 4.63. The number of thiazole rings is 1. The standard InChI is InChI=1S/C27H20N2O4S/c1-32-22-10-5-11-23-24(22)28-27(34-23)29(17-21-9-6-16-33-21)26(31)20-14-12-19(13-15-20)25(30)18-7-3-2-4-8-18/h2-16H,17H2,1H3. The predicted molar refractivity (Wildman–Crippen MR) is 132 cm³/mol. The highest BCUT2D eigenvalue weighted by Crippen LogP contribution is 2.35. The Balaban J connectivity index is 1.48. The summed E-state index contributed by atoms with van der Waals surface area (Å²) in [4.78, 5) is 32.6. The van der Waals surface area contributed by atoms with Crippen molar-refractivity contribution in [3.63, 3.8) is 0 Å². The number of rotatable bonds is 7. The molecule has 0 aliphatic heterocycles. The second kappa shape index (κ2) is 9.33. The van der Waals surface area contributed by atoms with E-state index in [0.717, 1.165) is 4.70 Å². The molecule has 0 bridgehead atoms. The van der Waals surface area contributed by atoms with E-state index in [9.17, 15) is 9.59 Å². The van der Waals surface area contributed by atoms with Crippen molar-refractivity contribution in [2.24, 2.45) is 0 Å². The second-order valence-electron chi connectivity index (χ2n) is 7.55. The zero-order valence-corrected chi connectivity index (χ0v) is 19.1. The lowest BCUT2D eigenvalue weighted by Gasteiger charge is -2.19. The second-order valence-corrected chi connectivity index (χ2v) is 8.56. The summed E-state index contributed by atoms with van der Waals surface area (Å²) in [6, 6.07) is 25.0. The number of ketones is 1. The number of carbonyl (C=O) groups excluding carboxylic acids is 2. The SMILES string of the molecule is COc1cccc2sc(N(Cc3ccco3)C(=O)c3ccc(C(=O)c4ccccc4)cc3)nc12. The van der Waals surface area contributed by atoms with Crippen molar-refractivity contribution >= 4 is 38.4 Å². The average molecular weight is 469 g/mol. The number of furan rings is 1. The Labute approximate surface area is 200 Å². The van der Waals surface area contributed by atoms with E-state index in [0.29, 0.717) is 38.8 Å². The van der Waals surface area contributed by atoms with Crippen molar-refractivity contribution in [1.29, 1.82) is 0 Å². The third-order valence-corrected chi connectivity index (χ3v) is 6.43. The zero-order valence-electron chi connectivity index (χ0n) is 18.3. The molecule has 0 aliphatic rings. The number of carbonyl (C=O) groups is 2. The summed E-state index contributed by atoms with van der Waals surface area (Å²) < 4.78 is 11.8. The first-order valence-corrected chi connectivity index (χ1v) is 11.4. The van der Waals surface area contributed by atoms with Crippen molar-refractivity contribution in [1.82, 2.24) is 4.98 Å². The highest BCUT2D eigenvalue weighted by Gasteiger charge is 2.24. The van der Waals surface area contributed by atoms with Crippen LogP contribution in [0.1, 0.15) is 32.0 Å². The minimum Gasteiger partial charge on any atom is -0.494 e. The normalized spacial score (nSPS) is 10.9. The van der Waals surface area contributed by atoms with Gasteiger partial charge >= 0.3 is 0 Å². The Hall–Kier alpha value is -4.23. The zero-order chi connectivity index (χ0) is 23.5. The van der Waals surface area contributed by atoms with E-state index >= 15 is 0 Å². The van der Waals surface area contributed by atoms with Gasteiger partial charge in [-0.25, -0.2) is 4.98 Å². The van der Waals surface area contributed by atoms with Crippen LogP contribution in [0.15, 0.2) is 95.6 Å². The quantitative estimate of drug-likeness (QED) is 0.275. The molecule has 0 radical (unpaired) electrons. The maximum atomic E-state index is 13.6. The molecule has 1 amide bonds. The molecule has 0 atom stereocenters. The van der Waals surface area contributed by atoms with E-state index in [2.05, 4.69) is 0 Å². The van der Waals surface area contributed by atoms with E-state index in [1.54, 1.807) is 60.7 Å². The molecule has 5 rings (SSSR count). The molecule has 6 nitrogen and oxygen atoms in total. The van der Waals surface area contributed by atoms with Crippen LogP contribution in [-0.2, 0) is 6.54 Å². The third kappa shape index (κ3) is 4.21. The Bertz CT molecular complexity index is 1440. The van der Waals surface area contributed by atoms with Gasteiger partial charge in [0.05, 0.1) is 24.6 Å². The molecular formula is C27H20N2O4S. The molecule has 0 aliphatic carbocycles. The van der Waals surface area contributed by atoms with E-state index in [4.69, 9.17) is 14.1 Å². The Morgan fingerprint density at radius 1 is 0.882 bits per heavy atom. The summed E-state index contributed by atoms with van der Waals surface area (Å²) in [5.74, 6) is 0.947. The highest BCUT2D eigenvalue weighted by atomic mass is 32.1.